The van der Waals surface area contributed by atoms with Crippen molar-refractivity contribution in [2.45, 2.75) is 32.2 Å². The standard InChI is InChI=1S/C21H21ClF3N3/c1-13-8-4-5-9-15(13)14(2)26-19-18(22)12-28(3)20(27-19)16-10-6-7-11-17(16)21(23,24)25/h4-12,14,20H,1-3H3,(H,26,27). The van der Waals surface area contributed by atoms with Gasteiger partial charge in [-0.2, -0.15) is 13.2 Å². The van der Waals surface area contributed by atoms with E-state index in [1.807, 2.05) is 38.1 Å². The minimum absolute atomic E-state index is 0.0840. The smallest absolute Gasteiger partial charge is 0.362 e. The van der Waals surface area contributed by atoms with Crippen LogP contribution >= 0.6 is 11.6 Å². The van der Waals surface area contributed by atoms with Crippen LogP contribution in [-0.4, -0.2) is 17.8 Å². The van der Waals surface area contributed by atoms with Crippen LogP contribution in [0.25, 0.3) is 0 Å². The van der Waals surface area contributed by atoms with Gasteiger partial charge in [0.1, 0.15) is 12.0 Å². The maximum absolute atomic E-state index is 13.5. The molecule has 0 fully saturated rings. The lowest BCUT2D eigenvalue weighted by atomic mass is 10.0. The molecule has 0 saturated heterocycles. The van der Waals surface area contributed by atoms with E-state index in [1.165, 1.54) is 12.1 Å². The summed E-state index contributed by atoms with van der Waals surface area (Å²) in [5.74, 6) is 0.373. The van der Waals surface area contributed by atoms with Gasteiger partial charge in [-0.1, -0.05) is 54.1 Å². The fourth-order valence-electron chi connectivity index (χ4n) is 3.32. The molecule has 0 saturated carbocycles. The summed E-state index contributed by atoms with van der Waals surface area (Å²) in [6, 6.07) is 13.3. The summed E-state index contributed by atoms with van der Waals surface area (Å²) in [4.78, 5) is 6.09. The second-order valence-electron chi connectivity index (χ2n) is 6.80. The topological polar surface area (TPSA) is 27.6 Å². The maximum Gasteiger partial charge on any atom is 0.416 e. The van der Waals surface area contributed by atoms with Gasteiger partial charge in [-0.15, -0.1) is 0 Å². The summed E-state index contributed by atoms with van der Waals surface area (Å²) in [6.07, 6.45) is -3.69. The quantitative estimate of drug-likeness (QED) is 0.697. The normalized spacial score (nSPS) is 18.4. The molecule has 0 bridgehead atoms. The van der Waals surface area contributed by atoms with E-state index in [2.05, 4.69) is 10.3 Å². The number of hydrogen-bond donors (Lipinski definition) is 1. The molecular weight excluding hydrogens is 387 g/mol. The zero-order chi connectivity index (χ0) is 20.5. The minimum Gasteiger partial charge on any atom is -0.362 e. The van der Waals surface area contributed by atoms with E-state index >= 15 is 0 Å². The van der Waals surface area contributed by atoms with Crippen molar-refractivity contribution < 1.29 is 13.2 Å². The van der Waals surface area contributed by atoms with E-state index in [1.54, 1.807) is 24.2 Å². The molecule has 1 N–H and O–H groups in total. The molecule has 0 aliphatic carbocycles. The molecule has 1 aliphatic heterocycles. The molecule has 148 valence electrons. The van der Waals surface area contributed by atoms with E-state index < -0.39 is 17.9 Å². The fraction of sp³-hybridized carbons (Fsp3) is 0.286. The maximum atomic E-state index is 13.5. The van der Waals surface area contributed by atoms with Gasteiger partial charge in [0, 0.05) is 18.8 Å². The van der Waals surface area contributed by atoms with Gasteiger partial charge in [0.15, 0.2) is 0 Å². The van der Waals surface area contributed by atoms with Crippen molar-refractivity contribution in [2.75, 3.05) is 7.05 Å². The number of nitrogens with zero attached hydrogens (tertiary/aromatic N) is 2. The van der Waals surface area contributed by atoms with Gasteiger partial charge in [-0.25, -0.2) is 4.99 Å². The van der Waals surface area contributed by atoms with E-state index in [-0.39, 0.29) is 11.6 Å². The number of benzene rings is 2. The fourth-order valence-corrected chi connectivity index (χ4v) is 3.57. The highest BCUT2D eigenvalue weighted by atomic mass is 35.5. The Bertz CT molecular complexity index is 921. The number of amidine groups is 1. The first-order valence-electron chi connectivity index (χ1n) is 8.84. The molecule has 0 aromatic heterocycles. The Labute approximate surface area is 167 Å². The Morgan fingerprint density at radius 1 is 1.11 bits per heavy atom. The summed E-state index contributed by atoms with van der Waals surface area (Å²) in [5, 5.41) is 3.60. The second kappa shape index (κ2) is 7.87. The van der Waals surface area contributed by atoms with Crippen LogP contribution in [0, 0.1) is 6.92 Å². The van der Waals surface area contributed by atoms with E-state index in [0.29, 0.717) is 10.9 Å². The van der Waals surface area contributed by atoms with Crippen molar-refractivity contribution in [3.05, 3.63) is 82.0 Å². The van der Waals surface area contributed by atoms with Crippen molar-refractivity contribution in [2.24, 2.45) is 4.99 Å². The Morgan fingerprint density at radius 3 is 2.43 bits per heavy atom. The summed E-state index contributed by atoms with van der Waals surface area (Å²) < 4.78 is 40.4. The van der Waals surface area contributed by atoms with Gasteiger partial charge in [-0.05, 0) is 31.0 Å². The van der Waals surface area contributed by atoms with Crippen LogP contribution in [-0.2, 0) is 6.18 Å². The predicted octanol–water partition coefficient (Wildman–Crippen LogP) is 5.79. The predicted molar refractivity (Wildman–Crippen MR) is 106 cm³/mol. The molecule has 0 radical (unpaired) electrons. The van der Waals surface area contributed by atoms with Crippen molar-refractivity contribution in [1.29, 1.82) is 0 Å². The lowest BCUT2D eigenvalue weighted by molar-refractivity contribution is -0.138. The lowest BCUT2D eigenvalue weighted by Gasteiger charge is -2.32. The van der Waals surface area contributed by atoms with Crippen molar-refractivity contribution in [1.82, 2.24) is 10.2 Å². The van der Waals surface area contributed by atoms with Gasteiger partial charge in [0.05, 0.1) is 16.6 Å². The van der Waals surface area contributed by atoms with Crippen molar-refractivity contribution in [3.8, 4) is 0 Å². The molecule has 0 amide bonds. The van der Waals surface area contributed by atoms with Crippen LogP contribution in [0.2, 0.25) is 0 Å². The third-order valence-electron chi connectivity index (χ3n) is 4.73. The largest absolute Gasteiger partial charge is 0.416 e. The van der Waals surface area contributed by atoms with Crippen molar-refractivity contribution in [3.63, 3.8) is 0 Å². The molecule has 2 unspecified atom stereocenters. The van der Waals surface area contributed by atoms with Gasteiger partial charge in [-0.3, -0.25) is 0 Å². The number of aliphatic imine (C=N–C) groups is 1. The molecule has 2 atom stereocenters. The first kappa shape index (κ1) is 20.3. The highest BCUT2D eigenvalue weighted by Crippen LogP contribution is 2.38. The molecule has 0 spiro atoms. The lowest BCUT2D eigenvalue weighted by Crippen LogP contribution is -2.34. The first-order valence-corrected chi connectivity index (χ1v) is 9.22. The van der Waals surface area contributed by atoms with Crippen LogP contribution < -0.4 is 5.32 Å². The molecule has 28 heavy (non-hydrogen) atoms. The number of nitrogens with one attached hydrogen (secondary N) is 1. The molecular formula is C21H21ClF3N3. The second-order valence-corrected chi connectivity index (χ2v) is 7.21. The number of hydrogen-bond acceptors (Lipinski definition) is 3. The summed E-state index contributed by atoms with van der Waals surface area (Å²) >= 11 is 6.34. The molecule has 2 aromatic carbocycles. The Kier molecular flexibility index (Phi) is 5.70. The summed E-state index contributed by atoms with van der Waals surface area (Å²) in [7, 11) is 1.66. The van der Waals surface area contributed by atoms with Gasteiger partial charge < -0.3 is 10.2 Å². The van der Waals surface area contributed by atoms with E-state index in [4.69, 9.17) is 11.6 Å². The van der Waals surface area contributed by atoms with Crippen LogP contribution in [0.15, 0.2) is 64.8 Å². The van der Waals surface area contributed by atoms with Crippen LogP contribution in [0.5, 0.6) is 0 Å². The Hall–Kier alpha value is -2.47. The molecule has 1 heterocycles. The Balaban J connectivity index is 1.95. The summed E-state index contributed by atoms with van der Waals surface area (Å²) in [6.45, 7) is 3.97. The SMILES string of the molecule is Cc1ccccc1C(C)NC1=NC(c2ccccc2C(F)(F)F)N(C)C=C1Cl. The molecule has 1 aliphatic rings. The average molecular weight is 408 g/mol. The minimum atomic E-state index is -4.46. The highest BCUT2D eigenvalue weighted by molar-refractivity contribution is 6.43. The van der Waals surface area contributed by atoms with Crippen molar-refractivity contribution >= 4 is 17.4 Å². The van der Waals surface area contributed by atoms with Gasteiger partial charge >= 0.3 is 6.18 Å². The number of halogens is 4. The number of aryl methyl sites for hydroxylation is 1. The third-order valence-corrected chi connectivity index (χ3v) is 5.01. The zero-order valence-corrected chi connectivity index (χ0v) is 16.5. The average Bonchev–Trinajstić information content (AvgIpc) is 2.63. The van der Waals surface area contributed by atoms with E-state index in [0.717, 1.165) is 17.2 Å². The number of rotatable bonds is 3. The third kappa shape index (κ3) is 4.17. The molecule has 7 heteroatoms. The number of alkyl halides is 3. The van der Waals surface area contributed by atoms with Crippen LogP contribution in [0.4, 0.5) is 13.2 Å². The van der Waals surface area contributed by atoms with Crippen LogP contribution in [0.3, 0.4) is 0 Å². The van der Waals surface area contributed by atoms with Crippen LogP contribution in [0.1, 0.15) is 41.4 Å². The van der Waals surface area contributed by atoms with Gasteiger partial charge in [0.2, 0.25) is 0 Å². The van der Waals surface area contributed by atoms with E-state index in [9.17, 15) is 13.2 Å². The monoisotopic (exact) mass is 407 g/mol. The van der Waals surface area contributed by atoms with Gasteiger partial charge in [0.25, 0.3) is 0 Å². The summed E-state index contributed by atoms with van der Waals surface area (Å²) in [5.41, 5.74) is 1.56. The Morgan fingerprint density at radius 2 is 1.75 bits per heavy atom. The molecule has 2 aromatic rings. The first-order chi connectivity index (χ1) is 13.2. The molecule has 3 rings (SSSR count). The molecule has 3 nitrogen and oxygen atoms in total. The highest BCUT2D eigenvalue weighted by Gasteiger charge is 2.36. The zero-order valence-electron chi connectivity index (χ0n) is 15.8.